The zero-order chi connectivity index (χ0) is 22.8. The molecule has 2 aromatic carbocycles. The third kappa shape index (κ3) is 5.57. The second kappa shape index (κ2) is 8.89. The topological polar surface area (TPSA) is 107 Å². The van der Waals surface area contributed by atoms with E-state index < -0.39 is 27.7 Å². The summed E-state index contributed by atoms with van der Waals surface area (Å²) < 4.78 is 63.7. The zero-order valence-corrected chi connectivity index (χ0v) is 17.9. The molecular formula is C19H19F3N4O3S2. The number of aromatic nitrogens is 2. The Kier molecular flexibility index (Phi) is 6.62. The average Bonchev–Trinajstić information content (AvgIpc) is 3.02. The average molecular weight is 473 g/mol. The van der Waals surface area contributed by atoms with Gasteiger partial charge in [0.15, 0.2) is 5.16 Å². The summed E-state index contributed by atoms with van der Waals surface area (Å²) in [6.45, 7) is 2.33. The second-order valence-electron chi connectivity index (χ2n) is 6.66. The first-order valence-corrected chi connectivity index (χ1v) is 11.6. The Labute approximate surface area is 180 Å². The molecule has 3 aromatic rings. The lowest BCUT2D eigenvalue weighted by atomic mass is 10.2. The Bertz CT molecular complexity index is 1220. The van der Waals surface area contributed by atoms with E-state index in [1.54, 1.807) is 4.57 Å². The van der Waals surface area contributed by atoms with Crippen molar-refractivity contribution in [2.24, 2.45) is 5.14 Å². The van der Waals surface area contributed by atoms with E-state index in [1.807, 2.05) is 6.92 Å². The molecule has 0 aliphatic rings. The van der Waals surface area contributed by atoms with E-state index in [0.717, 1.165) is 23.9 Å². The van der Waals surface area contributed by atoms with Crippen LogP contribution in [0.15, 0.2) is 52.5 Å². The van der Waals surface area contributed by atoms with Gasteiger partial charge in [-0.15, -0.1) is 0 Å². The number of imidazole rings is 1. The molecule has 0 spiro atoms. The van der Waals surface area contributed by atoms with Gasteiger partial charge >= 0.3 is 6.18 Å². The monoisotopic (exact) mass is 472 g/mol. The van der Waals surface area contributed by atoms with Crippen LogP contribution in [0.2, 0.25) is 0 Å². The lowest BCUT2D eigenvalue weighted by Crippen LogP contribution is -2.16. The smallest absolute Gasteiger partial charge is 0.325 e. The third-order valence-corrected chi connectivity index (χ3v) is 6.15. The molecule has 3 rings (SSSR count). The number of halogens is 3. The molecule has 166 valence electrons. The van der Waals surface area contributed by atoms with Gasteiger partial charge in [0, 0.05) is 12.2 Å². The van der Waals surface area contributed by atoms with Crippen molar-refractivity contribution in [3.8, 4) is 0 Å². The van der Waals surface area contributed by atoms with Gasteiger partial charge in [-0.2, -0.15) is 13.2 Å². The van der Waals surface area contributed by atoms with Crippen molar-refractivity contribution >= 4 is 44.4 Å². The van der Waals surface area contributed by atoms with Crippen LogP contribution in [0, 0.1) is 0 Å². The van der Waals surface area contributed by atoms with Crippen molar-refractivity contribution in [2.45, 2.75) is 36.1 Å². The van der Waals surface area contributed by atoms with Gasteiger partial charge < -0.3 is 9.88 Å². The number of nitrogens with zero attached hydrogens (tertiary/aromatic N) is 2. The quantitative estimate of drug-likeness (QED) is 0.508. The minimum Gasteiger partial charge on any atom is -0.325 e. The van der Waals surface area contributed by atoms with E-state index >= 15 is 0 Å². The standard InChI is InChI=1S/C19H19F3N4O3S2/c1-2-8-26-16-9-12(19(20,21)22)6-7-15(16)25-18(26)30-11-17(27)24-13-4-3-5-14(10-13)31(23,28)29/h3-7,9-10H,2,8,11H2,1H3,(H,24,27)(H2,23,28,29). The number of carbonyl (C=O) groups excluding carboxylic acids is 1. The molecule has 0 saturated heterocycles. The number of hydrogen-bond acceptors (Lipinski definition) is 5. The first kappa shape index (κ1) is 23.1. The van der Waals surface area contributed by atoms with E-state index in [4.69, 9.17) is 5.14 Å². The second-order valence-corrected chi connectivity index (χ2v) is 9.16. The van der Waals surface area contributed by atoms with Crippen LogP contribution in [0.25, 0.3) is 11.0 Å². The number of benzene rings is 2. The van der Waals surface area contributed by atoms with E-state index in [-0.39, 0.29) is 16.3 Å². The number of fused-ring (bicyclic) bond motifs is 1. The number of alkyl halides is 3. The highest BCUT2D eigenvalue weighted by atomic mass is 32.2. The van der Waals surface area contributed by atoms with Gasteiger partial charge in [-0.25, -0.2) is 18.5 Å². The summed E-state index contributed by atoms with van der Waals surface area (Å²) >= 11 is 1.08. The Hall–Kier alpha value is -2.57. The van der Waals surface area contributed by atoms with Crippen LogP contribution in [-0.4, -0.2) is 29.6 Å². The van der Waals surface area contributed by atoms with Crippen molar-refractivity contribution < 1.29 is 26.4 Å². The van der Waals surface area contributed by atoms with E-state index in [2.05, 4.69) is 10.3 Å². The molecule has 0 bridgehead atoms. The molecule has 1 heterocycles. The zero-order valence-electron chi connectivity index (χ0n) is 16.3. The lowest BCUT2D eigenvalue weighted by molar-refractivity contribution is -0.137. The van der Waals surface area contributed by atoms with Gasteiger partial charge in [0.2, 0.25) is 15.9 Å². The maximum Gasteiger partial charge on any atom is 0.416 e. The maximum atomic E-state index is 13.1. The summed E-state index contributed by atoms with van der Waals surface area (Å²) in [5.41, 5.74) is 0.251. The fourth-order valence-electron chi connectivity index (χ4n) is 2.90. The highest BCUT2D eigenvalue weighted by molar-refractivity contribution is 7.99. The predicted octanol–water partition coefficient (Wildman–Crippen LogP) is 3.84. The first-order valence-electron chi connectivity index (χ1n) is 9.12. The van der Waals surface area contributed by atoms with E-state index in [0.29, 0.717) is 29.2 Å². The number of nitrogens with two attached hydrogens (primary N) is 1. The molecule has 0 atom stereocenters. The van der Waals surface area contributed by atoms with Gasteiger partial charge in [-0.3, -0.25) is 4.79 Å². The lowest BCUT2D eigenvalue weighted by Gasteiger charge is -2.10. The number of nitrogens with one attached hydrogen (secondary N) is 1. The van der Waals surface area contributed by atoms with Crippen molar-refractivity contribution in [3.05, 3.63) is 48.0 Å². The first-order chi connectivity index (χ1) is 14.5. The summed E-state index contributed by atoms with van der Waals surface area (Å²) in [5.74, 6) is -0.499. The minimum absolute atomic E-state index is 0.0707. The minimum atomic E-state index is -4.46. The molecule has 31 heavy (non-hydrogen) atoms. The van der Waals surface area contributed by atoms with Crippen LogP contribution < -0.4 is 10.5 Å². The molecule has 3 N–H and O–H groups in total. The molecule has 0 unspecified atom stereocenters. The molecule has 0 radical (unpaired) electrons. The number of primary sulfonamides is 1. The van der Waals surface area contributed by atoms with Gasteiger partial charge in [-0.1, -0.05) is 24.8 Å². The molecule has 0 aliphatic heterocycles. The Balaban J connectivity index is 1.78. The van der Waals surface area contributed by atoms with Crippen molar-refractivity contribution in [3.63, 3.8) is 0 Å². The third-order valence-electron chi connectivity index (χ3n) is 4.27. The fourth-order valence-corrected chi connectivity index (χ4v) is 4.31. The van der Waals surface area contributed by atoms with Crippen LogP contribution >= 0.6 is 11.8 Å². The largest absolute Gasteiger partial charge is 0.416 e. The SMILES string of the molecule is CCCn1c(SCC(=O)Nc2cccc(S(N)(=O)=O)c2)nc2ccc(C(F)(F)F)cc21. The van der Waals surface area contributed by atoms with Gasteiger partial charge in [0.25, 0.3) is 0 Å². The highest BCUT2D eigenvalue weighted by Crippen LogP contribution is 2.33. The fraction of sp³-hybridized carbons (Fsp3) is 0.263. The van der Waals surface area contributed by atoms with Crippen LogP contribution in [0.3, 0.4) is 0 Å². The number of thioether (sulfide) groups is 1. The summed E-state index contributed by atoms with van der Waals surface area (Å²) in [5, 5.41) is 8.08. The molecule has 0 aliphatic carbocycles. The Morgan fingerprint density at radius 1 is 1.23 bits per heavy atom. The molecule has 0 fully saturated rings. The number of amides is 1. The van der Waals surface area contributed by atoms with Gasteiger partial charge in [0.1, 0.15) is 0 Å². The summed E-state index contributed by atoms with van der Waals surface area (Å²) in [6, 6.07) is 8.86. The molecular weight excluding hydrogens is 453 g/mol. The van der Waals surface area contributed by atoms with Gasteiger partial charge in [0.05, 0.1) is 27.2 Å². The molecule has 0 saturated carbocycles. The molecule has 7 nitrogen and oxygen atoms in total. The predicted molar refractivity (Wildman–Crippen MR) is 112 cm³/mol. The van der Waals surface area contributed by atoms with Crippen LogP contribution in [0.4, 0.5) is 18.9 Å². The number of rotatable bonds is 7. The summed E-state index contributed by atoms with van der Waals surface area (Å²) in [7, 11) is -3.91. The molecule has 1 aromatic heterocycles. The van der Waals surface area contributed by atoms with Crippen LogP contribution in [0.1, 0.15) is 18.9 Å². The number of sulfonamides is 1. The number of hydrogen-bond donors (Lipinski definition) is 2. The van der Waals surface area contributed by atoms with Gasteiger partial charge in [-0.05, 0) is 42.8 Å². The summed E-state index contributed by atoms with van der Waals surface area (Å²) in [6.07, 6.45) is -3.80. The number of anilines is 1. The van der Waals surface area contributed by atoms with E-state index in [1.165, 1.54) is 30.3 Å². The van der Waals surface area contributed by atoms with Crippen molar-refractivity contribution in [2.75, 3.05) is 11.1 Å². The number of aryl methyl sites for hydroxylation is 1. The maximum absolute atomic E-state index is 13.1. The number of carbonyl (C=O) groups is 1. The highest BCUT2D eigenvalue weighted by Gasteiger charge is 2.31. The van der Waals surface area contributed by atoms with Crippen molar-refractivity contribution in [1.82, 2.24) is 9.55 Å². The van der Waals surface area contributed by atoms with Crippen LogP contribution in [0.5, 0.6) is 0 Å². The Morgan fingerprint density at radius 3 is 2.61 bits per heavy atom. The summed E-state index contributed by atoms with van der Waals surface area (Å²) in [4.78, 5) is 16.5. The Morgan fingerprint density at radius 2 is 1.97 bits per heavy atom. The van der Waals surface area contributed by atoms with E-state index in [9.17, 15) is 26.4 Å². The van der Waals surface area contributed by atoms with Crippen LogP contribution in [-0.2, 0) is 27.5 Å². The van der Waals surface area contributed by atoms with Crippen molar-refractivity contribution in [1.29, 1.82) is 0 Å². The normalized spacial score (nSPS) is 12.3. The molecule has 1 amide bonds. The molecule has 12 heteroatoms.